The number of hydrogen-bond acceptors (Lipinski definition) is 4. The zero-order valence-corrected chi connectivity index (χ0v) is 16.2. The van der Waals surface area contributed by atoms with E-state index < -0.39 is 0 Å². The molecule has 0 fully saturated rings. The number of carbonyl (C=O) groups excluding carboxylic acids is 1. The molecule has 1 amide bonds. The fourth-order valence-corrected chi connectivity index (χ4v) is 3.88. The molecule has 124 valence electrons. The van der Waals surface area contributed by atoms with Crippen molar-refractivity contribution in [3.63, 3.8) is 0 Å². The second kappa shape index (κ2) is 6.14. The minimum Gasteiger partial charge on any atom is -0.311 e. The molecular formula is C17H16BrN3O2S. The highest BCUT2D eigenvalue weighted by molar-refractivity contribution is 9.10. The van der Waals surface area contributed by atoms with Crippen LogP contribution in [0, 0.1) is 13.8 Å². The van der Waals surface area contributed by atoms with Crippen LogP contribution in [0.25, 0.3) is 10.2 Å². The first-order valence-electron chi connectivity index (χ1n) is 7.30. The van der Waals surface area contributed by atoms with E-state index in [-0.39, 0.29) is 11.5 Å². The highest BCUT2D eigenvalue weighted by atomic mass is 79.9. The van der Waals surface area contributed by atoms with Crippen molar-refractivity contribution in [2.75, 3.05) is 11.9 Å². The van der Waals surface area contributed by atoms with Gasteiger partial charge < -0.3 is 9.47 Å². The van der Waals surface area contributed by atoms with E-state index in [1.54, 1.807) is 25.9 Å². The van der Waals surface area contributed by atoms with Crippen LogP contribution >= 0.6 is 27.3 Å². The maximum atomic E-state index is 12.9. The van der Waals surface area contributed by atoms with Gasteiger partial charge >= 0.3 is 0 Å². The molecule has 0 aliphatic carbocycles. The van der Waals surface area contributed by atoms with Crippen LogP contribution in [0.5, 0.6) is 0 Å². The summed E-state index contributed by atoms with van der Waals surface area (Å²) in [6.45, 7) is 3.78. The van der Waals surface area contributed by atoms with E-state index in [1.165, 1.54) is 22.2 Å². The maximum Gasteiger partial charge on any atom is 0.268 e. The highest BCUT2D eigenvalue weighted by Gasteiger charge is 2.22. The molecule has 24 heavy (non-hydrogen) atoms. The summed E-state index contributed by atoms with van der Waals surface area (Å²) in [4.78, 5) is 32.2. The molecule has 0 unspecified atom stereocenters. The van der Waals surface area contributed by atoms with Crippen LogP contribution in [-0.2, 0) is 7.05 Å². The highest BCUT2D eigenvalue weighted by Crippen LogP contribution is 2.30. The van der Waals surface area contributed by atoms with Crippen LogP contribution in [0.3, 0.4) is 0 Å². The number of nitrogens with zero attached hydrogens (tertiary/aromatic N) is 3. The van der Waals surface area contributed by atoms with Crippen LogP contribution in [0.1, 0.15) is 20.8 Å². The molecule has 0 radical (unpaired) electrons. The van der Waals surface area contributed by atoms with Gasteiger partial charge in [-0.05, 0) is 43.2 Å². The summed E-state index contributed by atoms with van der Waals surface area (Å²) in [6.07, 6.45) is 1.48. The molecule has 3 rings (SSSR count). The average Bonchev–Trinajstić information content (AvgIpc) is 2.89. The Morgan fingerprint density at radius 2 is 2.04 bits per heavy atom. The topological polar surface area (TPSA) is 55.2 Å². The summed E-state index contributed by atoms with van der Waals surface area (Å²) in [6, 6.07) is 5.75. The van der Waals surface area contributed by atoms with Gasteiger partial charge in [-0.15, -0.1) is 11.3 Å². The lowest BCUT2D eigenvalue weighted by molar-refractivity contribution is 0.0996. The smallest absolute Gasteiger partial charge is 0.268 e. The minimum atomic E-state index is -0.140. The molecule has 0 N–H and O–H groups in total. The van der Waals surface area contributed by atoms with Crippen LogP contribution in [0.4, 0.5) is 5.69 Å². The van der Waals surface area contributed by atoms with Crippen molar-refractivity contribution >= 4 is 49.1 Å². The number of aromatic nitrogens is 2. The number of carbonyl (C=O) groups is 1. The molecule has 2 heterocycles. The zero-order valence-electron chi connectivity index (χ0n) is 13.8. The number of halogens is 1. The van der Waals surface area contributed by atoms with Crippen LogP contribution < -0.4 is 10.5 Å². The normalized spacial score (nSPS) is 11.0. The van der Waals surface area contributed by atoms with E-state index in [0.717, 1.165) is 15.7 Å². The Kier molecular flexibility index (Phi) is 4.31. The summed E-state index contributed by atoms with van der Waals surface area (Å²) in [5.41, 5.74) is 2.42. The molecule has 5 nitrogen and oxygen atoms in total. The van der Waals surface area contributed by atoms with Crippen molar-refractivity contribution in [1.29, 1.82) is 0 Å². The Bertz CT molecular complexity index is 1020. The maximum absolute atomic E-state index is 12.9. The SMILES string of the molecule is Cc1cc(N(C)C(=O)c2sc3ncn(C)c(=O)c3c2C)ccc1Br. The number of benzene rings is 1. The molecule has 0 saturated carbocycles. The monoisotopic (exact) mass is 405 g/mol. The molecule has 7 heteroatoms. The second-order valence-electron chi connectivity index (χ2n) is 5.69. The number of amides is 1. The third-order valence-electron chi connectivity index (χ3n) is 4.04. The fraction of sp³-hybridized carbons (Fsp3) is 0.235. The van der Waals surface area contributed by atoms with Gasteiger partial charge in [0.15, 0.2) is 0 Å². The van der Waals surface area contributed by atoms with Gasteiger partial charge in [0.2, 0.25) is 0 Å². The van der Waals surface area contributed by atoms with Crippen LogP contribution in [-0.4, -0.2) is 22.5 Å². The van der Waals surface area contributed by atoms with Gasteiger partial charge in [-0.1, -0.05) is 15.9 Å². The van der Waals surface area contributed by atoms with E-state index in [4.69, 9.17) is 0 Å². The average molecular weight is 406 g/mol. The van der Waals surface area contributed by atoms with Gasteiger partial charge in [-0.3, -0.25) is 9.59 Å². The van der Waals surface area contributed by atoms with E-state index in [2.05, 4.69) is 20.9 Å². The van der Waals surface area contributed by atoms with Crippen LogP contribution in [0.2, 0.25) is 0 Å². The predicted molar refractivity (Wildman–Crippen MR) is 101 cm³/mol. The van der Waals surface area contributed by atoms with Gasteiger partial charge in [0.1, 0.15) is 4.83 Å². The largest absolute Gasteiger partial charge is 0.311 e. The summed E-state index contributed by atoms with van der Waals surface area (Å²) in [5, 5.41) is 0.522. The lowest BCUT2D eigenvalue weighted by atomic mass is 10.1. The Morgan fingerprint density at radius 1 is 1.33 bits per heavy atom. The Morgan fingerprint density at radius 3 is 2.71 bits per heavy atom. The number of thiophene rings is 1. The van der Waals surface area contributed by atoms with E-state index >= 15 is 0 Å². The quantitative estimate of drug-likeness (QED) is 0.653. The number of anilines is 1. The third kappa shape index (κ3) is 2.67. The number of aryl methyl sites for hydroxylation is 3. The van der Waals surface area contributed by atoms with Crippen molar-refractivity contribution in [2.24, 2.45) is 7.05 Å². The van der Waals surface area contributed by atoms with Crippen LogP contribution in [0.15, 0.2) is 33.8 Å². The Labute approximate surface area is 151 Å². The van der Waals surface area contributed by atoms with E-state index in [9.17, 15) is 9.59 Å². The molecule has 0 aliphatic rings. The van der Waals surface area contributed by atoms with Gasteiger partial charge in [0.05, 0.1) is 16.6 Å². The van der Waals surface area contributed by atoms with Gasteiger partial charge in [0, 0.05) is 24.3 Å². The first-order chi connectivity index (χ1) is 11.3. The van der Waals surface area contributed by atoms with Crippen molar-refractivity contribution in [1.82, 2.24) is 9.55 Å². The molecule has 0 saturated heterocycles. The zero-order chi connectivity index (χ0) is 17.6. The number of fused-ring (bicyclic) bond motifs is 1. The molecule has 3 aromatic rings. The Balaban J connectivity index is 2.08. The number of rotatable bonds is 2. The summed E-state index contributed by atoms with van der Waals surface area (Å²) < 4.78 is 2.43. The fourth-order valence-electron chi connectivity index (χ4n) is 2.52. The van der Waals surface area contributed by atoms with Gasteiger partial charge in [0.25, 0.3) is 11.5 Å². The molecular weight excluding hydrogens is 390 g/mol. The first kappa shape index (κ1) is 16.9. The molecule has 2 aromatic heterocycles. The van der Waals surface area contributed by atoms with Crippen molar-refractivity contribution in [3.05, 3.63) is 55.4 Å². The molecule has 1 aromatic carbocycles. The summed E-state index contributed by atoms with van der Waals surface area (Å²) >= 11 is 4.72. The summed E-state index contributed by atoms with van der Waals surface area (Å²) in [5.74, 6) is -0.140. The van der Waals surface area contributed by atoms with E-state index in [0.29, 0.717) is 20.7 Å². The first-order valence-corrected chi connectivity index (χ1v) is 8.91. The molecule has 0 spiro atoms. The molecule has 0 bridgehead atoms. The van der Waals surface area contributed by atoms with E-state index in [1.807, 2.05) is 25.1 Å². The van der Waals surface area contributed by atoms with Crippen molar-refractivity contribution in [2.45, 2.75) is 13.8 Å². The summed E-state index contributed by atoms with van der Waals surface area (Å²) in [7, 11) is 3.39. The van der Waals surface area contributed by atoms with Crippen molar-refractivity contribution < 1.29 is 4.79 Å². The Hall–Kier alpha value is -1.99. The lowest BCUT2D eigenvalue weighted by Crippen LogP contribution is -2.26. The number of hydrogen-bond donors (Lipinski definition) is 0. The molecule has 0 aliphatic heterocycles. The minimum absolute atomic E-state index is 0.130. The van der Waals surface area contributed by atoms with Crippen molar-refractivity contribution in [3.8, 4) is 0 Å². The molecule has 0 atom stereocenters. The third-order valence-corrected chi connectivity index (χ3v) is 6.12. The van der Waals surface area contributed by atoms with Gasteiger partial charge in [-0.25, -0.2) is 4.98 Å². The predicted octanol–water partition coefficient (Wildman–Crippen LogP) is 3.65. The second-order valence-corrected chi connectivity index (χ2v) is 7.55. The van der Waals surface area contributed by atoms with Gasteiger partial charge in [-0.2, -0.15) is 0 Å². The standard InChI is InChI=1S/C17H16BrN3O2S/c1-9-7-11(5-6-12(9)18)21(4)17(23)14-10(2)13-15(24-14)19-8-20(3)16(13)22/h5-8H,1-4H3. The lowest BCUT2D eigenvalue weighted by Gasteiger charge is -2.18.